The maximum absolute atomic E-state index is 5.93. The van der Waals surface area contributed by atoms with E-state index in [9.17, 15) is 0 Å². The van der Waals surface area contributed by atoms with Gasteiger partial charge in [0.25, 0.3) is 0 Å². The van der Waals surface area contributed by atoms with Gasteiger partial charge in [-0.15, -0.1) is 0 Å². The van der Waals surface area contributed by atoms with Gasteiger partial charge in [0.05, 0.1) is 6.54 Å². The zero-order chi connectivity index (χ0) is 11.0. The molecule has 0 radical (unpaired) electrons. The van der Waals surface area contributed by atoms with Gasteiger partial charge >= 0.3 is 0 Å². The van der Waals surface area contributed by atoms with Crippen LogP contribution in [0.5, 0.6) is 0 Å². The molecule has 0 aliphatic carbocycles. The van der Waals surface area contributed by atoms with Crippen molar-refractivity contribution in [1.29, 1.82) is 0 Å². The predicted octanol–water partition coefficient (Wildman–Crippen LogP) is 3.20. The van der Waals surface area contributed by atoms with Crippen LogP contribution in [0.1, 0.15) is 24.7 Å². The maximum Gasteiger partial charge on any atom is 0.134 e. The minimum absolute atomic E-state index is 0.984. The van der Waals surface area contributed by atoms with Crippen LogP contribution in [0.2, 0.25) is 0 Å². The molecule has 0 N–H and O–H groups in total. The minimum Gasteiger partial charge on any atom is -0.459 e. The topological polar surface area (TPSA) is 16.4 Å². The molecule has 16 heavy (non-hydrogen) atoms. The third kappa shape index (κ3) is 1.54. The number of nitrogens with zero attached hydrogens (tertiary/aromatic N) is 1. The number of hydrogen-bond acceptors (Lipinski definition) is 2. The van der Waals surface area contributed by atoms with E-state index in [1.165, 1.54) is 36.2 Å². The van der Waals surface area contributed by atoms with E-state index in [0.29, 0.717) is 0 Å². The van der Waals surface area contributed by atoms with Crippen molar-refractivity contribution in [2.24, 2.45) is 0 Å². The van der Waals surface area contributed by atoms with Gasteiger partial charge in [0.1, 0.15) is 11.3 Å². The molecule has 0 saturated heterocycles. The summed E-state index contributed by atoms with van der Waals surface area (Å²) >= 11 is 0. The molecule has 3 rings (SSSR count). The second kappa shape index (κ2) is 3.95. The van der Waals surface area contributed by atoms with Gasteiger partial charge in [-0.05, 0) is 25.5 Å². The largest absolute Gasteiger partial charge is 0.459 e. The van der Waals surface area contributed by atoms with E-state index in [0.717, 1.165) is 18.5 Å². The first-order valence-corrected chi connectivity index (χ1v) is 6.10. The second-order valence-corrected chi connectivity index (χ2v) is 4.53. The lowest BCUT2D eigenvalue weighted by Gasteiger charge is -2.25. The SMILES string of the molecule is CCCN1CCc2c(oc3ccccc23)C1. The molecule has 0 fully saturated rings. The van der Waals surface area contributed by atoms with Crippen LogP contribution in [-0.4, -0.2) is 18.0 Å². The van der Waals surface area contributed by atoms with E-state index in [-0.39, 0.29) is 0 Å². The van der Waals surface area contributed by atoms with E-state index < -0.39 is 0 Å². The summed E-state index contributed by atoms with van der Waals surface area (Å²) in [6, 6.07) is 8.38. The second-order valence-electron chi connectivity index (χ2n) is 4.53. The highest BCUT2D eigenvalue weighted by Crippen LogP contribution is 2.30. The van der Waals surface area contributed by atoms with Crippen LogP contribution in [0.25, 0.3) is 11.0 Å². The van der Waals surface area contributed by atoms with Crippen molar-refractivity contribution in [2.45, 2.75) is 26.3 Å². The van der Waals surface area contributed by atoms with Crippen molar-refractivity contribution in [3.05, 3.63) is 35.6 Å². The van der Waals surface area contributed by atoms with Gasteiger partial charge in [-0.1, -0.05) is 25.1 Å². The molecule has 2 heterocycles. The molecule has 1 aliphatic rings. The van der Waals surface area contributed by atoms with Crippen molar-refractivity contribution in [2.75, 3.05) is 13.1 Å². The first-order chi connectivity index (χ1) is 7.88. The number of rotatable bonds is 2. The first kappa shape index (κ1) is 9.91. The molecule has 0 bridgehead atoms. The summed E-state index contributed by atoms with van der Waals surface area (Å²) in [6.45, 7) is 5.56. The summed E-state index contributed by atoms with van der Waals surface area (Å²) in [4.78, 5) is 2.48. The van der Waals surface area contributed by atoms with Crippen LogP contribution < -0.4 is 0 Å². The summed E-state index contributed by atoms with van der Waals surface area (Å²) in [5, 5.41) is 1.31. The third-order valence-corrected chi connectivity index (χ3v) is 3.37. The summed E-state index contributed by atoms with van der Waals surface area (Å²) in [6.07, 6.45) is 2.35. The predicted molar refractivity (Wildman–Crippen MR) is 65.5 cm³/mol. The molecule has 0 unspecified atom stereocenters. The van der Waals surface area contributed by atoms with E-state index in [1.54, 1.807) is 0 Å². The van der Waals surface area contributed by atoms with Crippen LogP contribution in [0.4, 0.5) is 0 Å². The highest BCUT2D eigenvalue weighted by atomic mass is 16.3. The van der Waals surface area contributed by atoms with Crippen molar-refractivity contribution in [3.8, 4) is 0 Å². The number of benzene rings is 1. The molecule has 0 spiro atoms. The van der Waals surface area contributed by atoms with Gasteiger partial charge in [-0.25, -0.2) is 0 Å². The van der Waals surface area contributed by atoms with E-state index in [2.05, 4.69) is 30.0 Å². The zero-order valence-corrected chi connectivity index (χ0v) is 9.70. The Labute approximate surface area is 95.9 Å². The van der Waals surface area contributed by atoms with Crippen molar-refractivity contribution < 1.29 is 4.42 Å². The van der Waals surface area contributed by atoms with Crippen LogP contribution in [0.15, 0.2) is 28.7 Å². The number of para-hydroxylation sites is 1. The average Bonchev–Trinajstić information content (AvgIpc) is 2.67. The Morgan fingerprint density at radius 1 is 1.31 bits per heavy atom. The van der Waals surface area contributed by atoms with Crippen LogP contribution in [-0.2, 0) is 13.0 Å². The lowest BCUT2D eigenvalue weighted by atomic mass is 10.0. The van der Waals surface area contributed by atoms with Crippen molar-refractivity contribution in [3.63, 3.8) is 0 Å². The summed E-state index contributed by atoms with van der Waals surface area (Å²) in [5.41, 5.74) is 2.48. The molecule has 84 valence electrons. The molecule has 0 amide bonds. The fraction of sp³-hybridized carbons (Fsp3) is 0.429. The van der Waals surface area contributed by atoms with E-state index in [1.807, 2.05) is 6.07 Å². The average molecular weight is 215 g/mol. The lowest BCUT2D eigenvalue weighted by molar-refractivity contribution is 0.232. The molecule has 2 aromatic rings. The van der Waals surface area contributed by atoms with Crippen LogP contribution in [0, 0.1) is 0 Å². The molecular formula is C14H17NO. The Morgan fingerprint density at radius 3 is 3.06 bits per heavy atom. The number of fused-ring (bicyclic) bond motifs is 3. The minimum atomic E-state index is 0.984. The fourth-order valence-electron chi connectivity index (χ4n) is 2.61. The van der Waals surface area contributed by atoms with Gasteiger partial charge in [-0.3, -0.25) is 4.90 Å². The van der Waals surface area contributed by atoms with Crippen LogP contribution in [0.3, 0.4) is 0 Å². The van der Waals surface area contributed by atoms with Crippen molar-refractivity contribution in [1.82, 2.24) is 4.90 Å². The molecule has 1 aromatic heterocycles. The normalized spacial score (nSPS) is 16.6. The summed E-state index contributed by atoms with van der Waals surface area (Å²) in [7, 11) is 0. The fourth-order valence-corrected chi connectivity index (χ4v) is 2.61. The Hall–Kier alpha value is -1.28. The molecular weight excluding hydrogens is 198 g/mol. The molecule has 2 heteroatoms. The van der Waals surface area contributed by atoms with Crippen molar-refractivity contribution >= 4 is 11.0 Å². The smallest absolute Gasteiger partial charge is 0.134 e. The molecule has 1 aromatic carbocycles. The van der Waals surface area contributed by atoms with Gasteiger partial charge < -0.3 is 4.42 Å². The Balaban J connectivity index is 1.99. The number of hydrogen-bond donors (Lipinski definition) is 0. The molecule has 2 nitrogen and oxygen atoms in total. The Morgan fingerprint density at radius 2 is 2.19 bits per heavy atom. The molecule has 0 saturated carbocycles. The monoisotopic (exact) mass is 215 g/mol. The van der Waals surface area contributed by atoms with Crippen LogP contribution >= 0.6 is 0 Å². The highest BCUT2D eigenvalue weighted by Gasteiger charge is 2.21. The van der Waals surface area contributed by atoms with Gasteiger partial charge in [0.15, 0.2) is 0 Å². The van der Waals surface area contributed by atoms with E-state index in [4.69, 9.17) is 4.42 Å². The van der Waals surface area contributed by atoms with Gasteiger partial charge in [0, 0.05) is 17.5 Å². The van der Waals surface area contributed by atoms with Gasteiger partial charge in [0.2, 0.25) is 0 Å². The zero-order valence-electron chi connectivity index (χ0n) is 9.70. The quantitative estimate of drug-likeness (QED) is 0.765. The van der Waals surface area contributed by atoms with Gasteiger partial charge in [-0.2, -0.15) is 0 Å². The summed E-state index contributed by atoms with van der Waals surface area (Å²) < 4.78 is 5.93. The number of furan rings is 1. The highest BCUT2D eigenvalue weighted by molar-refractivity contribution is 5.82. The summed E-state index contributed by atoms with van der Waals surface area (Å²) in [5.74, 6) is 1.18. The Kier molecular flexibility index (Phi) is 2.44. The standard InChI is InChI=1S/C14H17NO/c1-2-8-15-9-7-12-11-5-3-4-6-13(11)16-14(12)10-15/h3-6H,2,7-10H2,1H3. The Bertz CT molecular complexity index is 500. The third-order valence-electron chi connectivity index (χ3n) is 3.37. The first-order valence-electron chi connectivity index (χ1n) is 6.10. The van der Waals surface area contributed by atoms with E-state index >= 15 is 0 Å². The molecule has 1 aliphatic heterocycles. The maximum atomic E-state index is 5.93. The molecule has 0 atom stereocenters. The lowest BCUT2D eigenvalue weighted by Crippen LogP contribution is -2.30.